The third-order valence-corrected chi connectivity index (χ3v) is 4.71. The van der Waals surface area contributed by atoms with Gasteiger partial charge in [-0.1, -0.05) is 39.5 Å². The quantitative estimate of drug-likeness (QED) is 0.751. The summed E-state index contributed by atoms with van der Waals surface area (Å²) in [6, 6.07) is 0.410. The number of nitrogens with zero attached hydrogens (tertiary/aromatic N) is 5. The van der Waals surface area contributed by atoms with Gasteiger partial charge in [0, 0.05) is 30.9 Å². The maximum Gasteiger partial charge on any atom is 0.168 e. The Bertz CT molecular complexity index is 625. The third kappa shape index (κ3) is 3.37. The van der Waals surface area contributed by atoms with Crippen LogP contribution in [0.1, 0.15) is 76.8 Å². The molecule has 0 saturated carbocycles. The molecule has 2 rings (SSSR count). The number of aromatic nitrogens is 5. The molecule has 2 heterocycles. The fourth-order valence-corrected chi connectivity index (χ4v) is 3.63. The Morgan fingerprint density at radius 2 is 1.73 bits per heavy atom. The Kier molecular flexibility index (Phi) is 5.32. The Morgan fingerprint density at radius 1 is 1.05 bits per heavy atom. The van der Waals surface area contributed by atoms with E-state index < -0.39 is 0 Å². The smallest absolute Gasteiger partial charge is 0.168 e. The van der Waals surface area contributed by atoms with Crippen molar-refractivity contribution in [2.45, 2.75) is 70.3 Å². The van der Waals surface area contributed by atoms with E-state index in [1.54, 1.807) is 11.8 Å². The molecule has 6 heteroatoms. The van der Waals surface area contributed by atoms with Gasteiger partial charge in [-0.15, -0.1) is 10.2 Å². The molecule has 0 radical (unpaired) electrons. The number of hydrogen-bond acceptors (Lipinski definition) is 4. The zero-order chi connectivity index (χ0) is 16.4. The van der Waals surface area contributed by atoms with Crippen molar-refractivity contribution in [3.05, 3.63) is 23.5 Å². The van der Waals surface area contributed by atoms with Crippen LogP contribution in [0.3, 0.4) is 0 Å². The van der Waals surface area contributed by atoms with Crippen LogP contribution in [-0.2, 0) is 12.8 Å². The molecule has 0 aliphatic carbocycles. The summed E-state index contributed by atoms with van der Waals surface area (Å²) >= 11 is 1.73. The van der Waals surface area contributed by atoms with E-state index in [9.17, 15) is 0 Å². The molecule has 0 N–H and O–H groups in total. The Hall–Kier alpha value is -1.30. The molecule has 0 fully saturated rings. The van der Waals surface area contributed by atoms with E-state index >= 15 is 0 Å². The second-order valence-electron chi connectivity index (χ2n) is 6.56. The molecule has 0 aromatic carbocycles. The van der Waals surface area contributed by atoms with E-state index in [2.05, 4.69) is 65.9 Å². The lowest BCUT2D eigenvalue weighted by molar-refractivity contribution is 0.515. The van der Waals surface area contributed by atoms with Gasteiger partial charge >= 0.3 is 0 Å². The summed E-state index contributed by atoms with van der Waals surface area (Å²) in [6.07, 6.45) is 2.00. The average Bonchev–Trinajstić information content (AvgIpc) is 3.00. The van der Waals surface area contributed by atoms with Crippen LogP contribution in [-0.4, -0.2) is 24.3 Å². The third-order valence-electron chi connectivity index (χ3n) is 3.74. The molecule has 2 aromatic heterocycles. The van der Waals surface area contributed by atoms with Crippen LogP contribution >= 0.6 is 11.8 Å². The number of rotatable bonds is 6. The van der Waals surface area contributed by atoms with Gasteiger partial charge in [-0.3, -0.25) is 0 Å². The van der Waals surface area contributed by atoms with Crippen LogP contribution in [0.5, 0.6) is 0 Å². The lowest BCUT2D eigenvalue weighted by Gasteiger charge is -2.17. The summed E-state index contributed by atoms with van der Waals surface area (Å²) in [5.74, 6) is 3.69. The molecule has 0 bridgehead atoms. The molecule has 0 unspecified atom stereocenters. The van der Waals surface area contributed by atoms with E-state index in [1.165, 1.54) is 5.69 Å². The number of thioether (sulfide) groups is 1. The predicted octanol–water partition coefficient (Wildman–Crippen LogP) is 4.13. The maximum absolute atomic E-state index is 4.61. The first kappa shape index (κ1) is 17.1. The fourth-order valence-electron chi connectivity index (χ4n) is 2.54. The van der Waals surface area contributed by atoms with Crippen molar-refractivity contribution in [2.75, 3.05) is 0 Å². The molecule has 0 spiro atoms. The van der Waals surface area contributed by atoms with Crippen LogP contribution in [0.2, 0.25) is 0 Å². The van der Waals surface area contributed by atoms with Gasteiger partial charge in [0.25, 0.3) is 0 Å². The number of hydrogen-bond donors (Lipinski definition) is 0. The Morgan fingerprint density at radius 3 is 2.23 bits per heavy atom. The number of imidazole rings is 1. The van der Waals surface area contributed by atoms with Crippen LogP contribution in [0, 0.1) is 0 Å². The zero-order valence-electron chi connectivity index (χ0n) is 14.7. The minimum Gasteiger partial charge on any atom is -0.320 e. The van der Waals surface area contributed by atoms with E-state index in [4.69, 9.17) is 0 Å². The fraction of sp³-hybridized carbons (Fsp3) is 0.688. The van der Waals surface area contributed by atoms with E-state index in [0.29, 0.717) is 17.9 Å². The van der Waals surface area contributed by atoms with Crippen molar-refractivity contribution in [3.63, 3.8) is 0 Å². The highest BCUT2D eigenvalue weighted by Gasteiger charge is 2.17. The highest BCUT2D eigenvalue weighted by Crippen LogP contribution is 2.29. The molecule has 0 saturated heterocycles. The monoisotopic (exact) mass is 321 g/mol. The normalized spacial score (nSPS) is 12.1. The molecule has 0 amide bonds. The lowest BCUT2D eigenvalue weighted by Crippen LogP contribution is -2.08. The van der Waals surface area contributed by atoms with Gasteiger partial charge < -0.3 is 9.13 Å². The van der Waals surface area contributed by atoms with Crippen molar-refractivity contribution < 1.29 is 0 Å². The first-order chi connectivity index (χ1) is 10.3. The molecule has 122 valence electrons. The maximum atomic E-state index is 4.61. The second kappa shape index (κ2) is 6.86. The van der Waals surface area contributed by atoms with Gasteiger partial charge in [0.2, 0.25) is 0 Å². The van der Waals surface area contributed by atoms with Crippen LogP contribution in [0.25, 0.3) is 0 Å². The van der Waals surface area contributed by atoms with Gasteiger partial charge in [0.15, 0.2) is 5.16 Å². The summed E-state index contributed by atoms with van der Waals surface area (Å²) in [6.45, 7) is 13.1. The molecule has 5 nitrogen and oxygen atoms in total. The standard InChI is InChI=1S/C16H27N5S/c1-10(2)13-8-17-16(21(13)12(5)6)22-9-14-18-19-15(11(3)4)20(14)7/h8,10-12H,9H2,1-7H3. The Labute approximate surface area is 137 Å². The molecule has 0 aliphatic rings. The van der Waals surface area contributed by atoms with Gasteiger partial charge in [-0.25, -0.2) is 4.98 Å². The van der Waals surface area contributed by atoms with Gasteiger partial charge in [0.1, 0.15) is 11.6 Å². The lowest BCUT2D eigenvalue weighted by atomic mass is 10.1. The van der Waals surface area contributed by atoms with E-state index in [1.807, 2.05) is 13.2 Å². The van der Waals surface area contributed by atoms with Crippen LogP contribution < -0.4 is 0 Å². The summed E-state index contributed by atoms with van der Waals surface area (Å²) in [5.41, 5.74) is 1.29. The molecule has 0 aliphatic heterocycles. The molecule has 22 heavy (non-hydrogen) atoms. The molecule has 0 atom stereocenters. The van der Waals surface area contributed by atoms with Gasteiger partial charge in [0.05, 0.1) is 5.75 Å². The van der Waals surface area contributed by atoms with E-state index in [0.717, 1.165) is 22.6 Å². The van der Waals surface area contributed by atoms with Gasteiger partial charge in [-0.05, 0) is 19.8 Å². The van der Waals surface area contributed by atoms with Crippen LogP contribution in [0.4, 0.5) is 0 Å². The molecular formula is C16H27N5S. The topological polar surface area (TPSA) is 48.5 Å². The highest BCUT2D eigenvalue weighted by molar-refractivity contribution is 7.98. The van der Waals surface area contributed by atoms with Crippen molar-refractivity contribution in [2.24, 2.45) is 7.05 Å². The van der Waals surface area contributed by atoms with Gasteiger partial charge in [-0.2, -0.15) is 0 Å². The summed E-state index contributed by atoms with van der Waals surface area (Å²) in [7, 11) is 2.04. The Balaban J connectivity index is 2.19. The first-order valence-corrected chi connectivity index (χ1v) is 8.89. The highest BCUT2D eigenvalue weighted by atomic mass is 32.2. The summed E-state index contributed by atoms with van der Waals surface area (Å²) < 4.78 is 4.43. The first-order valence-electron chi connectivity index (χ1n) is 7.91. The van der Waals surface area contributed by atoms with Crippen molar-refractivity contribution in [1.82, 2.24) is 24.3 Å². The van der Waals surface area contributed by atoms with E-state index in [-0.39, 0.29) is 0 Å². The SMILES string of the molecule is CC(C)c1nnc(CSc2ncc(C(C)C)n2C(C)C)n1C. The zero-order valence-corrected chi connectivity index (χ0v) is 15.5. The minimum absolute atomic E-state index is 0.390. The summed E-state index contributed by atoms with van der Waals surface area (Å²) in [5, 5.41) is 9.68. The van der Waals surface area contributed by atoms with Crippen molar-refractivity contribution >= 4 is 11.8 Å². The second-order valence-corrected chi connectivity index (χ2v) is 7.50. The molecular weight excluding hydrogens is 294 g/mol. The molecule has 2 aromatic rings. The summed E-state index contributed by atoms with van der Waals surface area (Å²) in [4.78, 5) is 4.61. The predicted molar refractivity (Wildman–Crippen MR) is 91.4 cm³/mol. The van der Waals surface area contributed by atoms with Crippen molar-refractivity contribution in [1.29, 1.82) is 0 Å². The largest absolute Gasteiger partial charge is 0.320 e. The minimum atomic E-state index is 0.390. The van der Waals surface area contributed by atoms with Crippen molar-refractivity contribution in [3.8, 4) is 0 Å². The average molecular weight is 321 g/mol. The van der Waals surface area contributed by atoms with Crippen LogP contribution in [0.15, 0.2) is 11.4 Å².